The molecule has 0 atom stereocenters. The third-order valence-electron chi connectivity index (χ3n) is 10.7. The molecule has 13 nitrogen and oxygen atoms in total. The highest BCUT2D eigenvalue weighted by Gasteiger charge is 2.29. The van der Waals surface area contributed by atoms with Crippen LogP contribution in [-0.4, -0.2) is 117 Å². The molecule has 3 aliphatic heterocycles. The number of aromatic amines is 1. The number of amides is 3. The van der Waals surface area contributed by atoms with Gasteiger partial charge in [0.2, 0.25) is 5.91 Å². The van der Waals surface area contributed by atoms with Gasteiger partial charge in [-0.1, -0.05) is 17.4 Å². The van der Waals surface area contributed by atoms with Gasteiger partial charge in [-0.25, -0.2) is 18.2 Å². The number of anilines is 1. The van der Waals surface area contributed by atoms with E-state index in [1.165, 1.54) is 37.6 Å². The van der Waals surface area contributed by atoms with E-state index >= 15 is 8.78 Å². The fourth-order valence-corrected chi connectivity index (χ4v) is 7.77. The van der Waals surface area contributed by atoms with Gasteiger partial charge < -0.3 is 29.3 Å². The van der Waals surface area contributed by atoms with Crippen molar-refractivity contribution in [1.82, 2.24) is 39.7 Å². The van der Waals surface area contributed by atoms with Crippen molar-refractivity contribution in [3.63, 3.8) is 0 Å². The van der Waals surface area contributed by atoms with E-state index in [0.29, 0.717) is 81.1 Å². The number of methoxy groups -OCH3 is 1. The van der Waals surface area contributed by atoms with Crippen LogP contribution in [0.5, 0.6) is 5.75 Å². The molecule has 0 aliphatic carbocycles. The first kappa shape index (κ1) is 36.8. The second-order valence-corrected chi connectivity index (χ2v) is 14.2. The van der Waals surface area contributed by atoms with E-state index in [4.69, 9.17) is 4.74 Å². The number of aryl methyl sites for hydroxylation is 1. The second kappa shape index (κ2) is 15.5. The summed E-state index contributed by atoms with van der Waals surface area (Å²) in [5, 5.41) is 7.99. The third-order valence-corrected chi connectivity index (χ3v) is 10.7. The minimum absolute atomic E-state index is 0.0203. The van der Waals surface area contributed by atoms with Crippen LogP contribution in [0, 0.1) is 17.5 Å². The fourth-order valence-electron chi connectivity index (χ4n) is 7.77. The number of nitrogens with zero attached hydrogens (tertiary/aromatic N) is 8. The van der Waals surface area contributed by atoms with Gasteiger partial charge in [0, 0.05) is 93.1 Å². The first-order valence-corrected chi connectivity index (χ1v) is 18.7. The van der Waals surface area contributed by atoms with Crippen LogP contribution in [0.2, 0.25) is 0 Å². The summed E-state index contributed by atoms with van der Waals surface area (Å²) in [7, 11) is 1.44. The first-order valence-electron chi connectivity index (χ1n) is 18.7. The number of hydrogen-bond acceptors (Lipinski definition) is 8. The van der Waals surface area contributed by atoms with Gasteiger partial charge in [0.05, 0.1) is 31.6 Å². The van der Waals surface area contributed by atoms with Gasteiger partial charge in [-0.15, -0.1) is 5.10 Å². The zero-order valence-electron chi connectivity index (χ0n) is 30.8. The maximum absolute atomic E-state index is 16.8. The molecule has 6 heterocycles. The number of pyridine rings is 1. The highest BCUT2D eigenvalue weighted by molar-refractivity contribution is 6.05. The number of carbonyl (C=O) groups is 3. The van der Waals surface area contributed by atoms with Gasteiger partial charge in [0.1, 0.15) is 17.3 Å². The van der Waals surface area contributed by atoms with Gasteiger partial charge >= 0.3 is 0 Å². The summed E-state index contributed by atoms with van der Waals surface area (Å²) in [6.07, 6.45) is 8.66. The Morgan fingerprint density at radius 1 is 0.857 bits per heavy atom. The van der Waals surface area contributed by atoms with Gasteiger partial charge in [-0.05, 0) is 54.7 Å². The molecule has 2 aromatic carbocycles. The van der Waals surface area contributed by atoms with Crippen LogP contribution in [0.25, 0.3) is 27.6 Å². The summed E-state index contributed by atoms with van der Waals surface area (Å²) in [5.41, 5.74) is 1.56. The van der Waals surface area contributed by atoms with Crippen molar-refractivity contribution in [1.29, 1.82) is 0 Å². The molecule has 3 amide bonds. The summed E-state index contributed by atoms with van der Waals surface area (Å²) in [4.78, 5) is 54.5. The lowest BCUT2D eigenvalue weighted by molar-refractivity contribution is -0.131. The average molecular weight is 768 g/mol. The summed E-state index contributed by atoms with van der Waals surface area (Å²) in [6, 6.07) is 8.67. The first-order chi connectivity index (χ1) is 27.2. The summed E-state index contributed by atoms with van der Waals surface area (Å²) in [6.45, 7) is 3.54. The predicted octanol–water partition coefficient (Wildman–Crippen LogP) is 5.15. The van der Waals surface area contributed by atoms with Crippen LogP contribution in [0.3, 0.4) is 0 Å². The van der Waals surface area contributed by atoms with Gasteiger partial charge in [0.15, 0.2) is 17.4 Å². The van der Waals surface area contributed by atoms with E-state index in [0.717, 1.165) is 19.0 Å². The van der Waals surface area contributed by atoms with Crippen molar-refractivity contribution in [3.8, 4) is 16.9 Å². The quantitative estimate of drug-likeness (QED) is 0.218. The van der Waals surface area contributed by atoms with Crippen LogP contribution in [0.15, 0.2) is 61.1 Å². The molecular weight excluding hydrogens is 727 g/mol. The topological polar surface area (TPSA) is 133 Å². The molecular formula is C40H40F3N9O4. The van der Waals surface area contributed by atoms with Gasteiger partial charge in [-0.3, -0.25) is 19.1 Å². The summed E-state index contributed by atoms with van der Waals surface area (Å²) >= 11 is 0. The molecule has 3 aliphatic rings. The number of nitrogens with one attached hydrogen (secondary N) is 1. The molecule has 2 fully saturated rings. The standard InChI is InChI=1S/C40H40F3N9O4/c1-56-34-20-27(41)23-44-38(34)48-15-17-50(18-16-48)40(55)33-22-31-30(28-7-6-25(19-32(28)42)39(54)49-10-2-3-11-49)21-29(36(43)37(31)46-33)26-5-4-12-51(24-26)35(53)8-13-52-14-9-45-47-52/h5-7,9,14,19-23,46H,2-4,8,10-13,15-18,24H2,1H3. The summed E-state index contributed by atoms with van der Waals surface area (Å²) in [5.74, 6) is -1.82. The Balaban J connectivity index is 1.11. The monoisotopic (exact) mass is 767 g/mol. The molecule has 0 radical (unpaired) electrons. The van der Waals surface area contributed by atoms with Crippen molar-refractivity contribution < 1.29 is 32.3 Å². The third kappa shape index (κ3) is 7.18. The minimum atomic E-state index is -0.661. The smallest absolute Gasteiger partial charge is 0.270 e. The molecule has 56 heavy (non-hydrogen) atoms. The van der Waals surface area contributed by atoms with Crippen LogP contribution < -0.4 is 9.64 Å². The zero-order chi connectivity index (χ0) is 38.9. The molecule has 0 saturated carbocycles. The fraction of sp³-hybridized carbons (Fsp3) is 0.350. The summed E-state index contributed by atoms with van der Waals surface area (Å²) < 4.78 is 53.7. The van der Waals surface area contributed by atoms with Gasteiger partial charge in [0.25, 0.3) is 11.8 Å². The number of rotatable bonds is 9. The lowest BCUT2D eigenvalue weighted by Crippen LogP contribution is -2.49. The highest BCUT2D eigenvalue weighted by Crippen LogP contribution is 2.38. The molecule has 8 rings (SSSR count). The Morgan fingerprint density at radius 2 is 1.64 bits per heavy atom. The van der Waals surface area contributed by atoms with E-state index in [1.807, 2.05) is 11.0 Å². The van der Waals surface area contributed by atoms with Crippen molar-refractivity contribution in [3.05, 3.63) is 95.3 Å². The molecule has 3 aromatic heterocycles. The number of ether oxygens (including phenoxy) is 1. The second-order valence-electron chi connectivity index (χ2n) is 14.2. The van der Waals surface area contributed by atoms with Crippen molar-refractivity contribution in [2.45, 2.75) is 32.2 Å². The number of carbonyl (C=O) groups excluding carboxylic acids is 3. The van der Waals surface area contributed by atoms with Crippen molar-refractivity contribution in [2.24, 2.45) is 0 Å². The van der Waals surface area contributed by atoms with E-state index in [-0.39, 0.29) is 64.3 Å². The lowest BCUT2D eigenvalue weighted by Gasteiger charge is -2.35. The number of hydrogen-bond donors (Lipinski definition) is 1. The van der Waals surface area contributed by atoms with E-state index in [9.17, 15) is 18.8 Å². The van der Waals surface area contributed by atoms with E-state index < -0.39 is 17.5 Å². The van der Waals surface area contributed by atoms with Crippen LogP contribution in [-0.2, 0) is 11.3 Å². The van der Waals surface area contributed by atoms with Gasteiger partial charge in [-0.2, -0.15) is 0 Å². The number of halogens is 3. The molecule has 0 unspecified atom stereocenters. The molecule has 290 valence electrons. The molecule has 16 heteroatoms. The number of H-pyrrole nitrogens is 1. The lowest BCUT2D eigenvalue weighted by atomic mass is 9.92. The maximum atomic E-state index is 16.8. The number of aromatic nitrogens is 5. The van der Waals surface area contributed by atoms with Crippen molar-refractivity contribution >= 4 is 40.0 Å². The maximum Gasteiger partial charge on any atom is 0.270 e. The molecule has 0 spiro atoms. The molecule has 2 saturated heterocycles. The predicted molar refractivity (Wildman–Crippen MR) is 201 cm³/mol. The molecule has 0 bridgehead atoms. The number of fused-ring (bicyclic) bond motifs is 1. The van der Waals surface area contributed by atoms with E-state index in [1.54, 1.807) is 37.7 Å². The van der Waals surface area contributed by atoms with E-state index in [2.05, 4.69) is 20.3 Å². The molecule has 5 aromatic rings. The largest absolute Gasteiger partial charge is 0.493 e. The highest BCUT2D eigenvalue weighted by atomic mass is 19.1. The Kier molecular flexibility index (Phi) is 10.2. The van der Waals surface area contributed by atoms with Crippen LogP contribution >= 0.6 is 0 Å². The SMILES string of the molecule is COc1cc(F)cnc1N1CCN(C(=O)c2cc3c(-c4ccc(C(=O)N5CCCC5)cc4F)cc(C4=CCCN(C(=O)CCn5ccnn5)C4)c(F)c3[nH]2)CC1. The zero-order valence-corrected chi connectivity index (χ0v) is 30.8. The van der Waals surface area contributed by atoms with Crippen molar-refractivity contribution in [2.75, 3.05) is 64.4 Å². The number of piperazine rings is 1. The normalized spacial score (nSPS) is 16.1. The Hall–Kier alpha value is -6.19. The minimum Gasteiger partial charge on any atom is -0.493 e. The average Bonchev–Trinajstić information content (AvgIpc) is 4.04. The number of benzene rings is 2. The Bertz CT molecular complexity index is 2330. The number of likely N-dealkylation sites (tertiary alicyclic amines) is 1. The molecule has 1 N–H and O–H groups in total. The Morgan fingerprint density at radius 3 is 2.38 bits per heavy atom. The van der Waals surface area contributed by atoms with Crippen LogP contribution in [0.1, 0.15) is 52.1 Å². The van der Waals surface area contributed by atoms with Crippen LogP contribution in [0.4, 0.5) is 19.0 Å². The Labute approximate surface area is 320 Å².